The minimum Gasteiger partial charge on any atom is -0.422 e. The molecule has 0 spiro atoms. The second kappa shape index (κ2) is 9.03. The van der Waals surface area contributed by atoms with Crippen molar-refractivity contribution in [2.75, 3.05) is 32.8 Å². The Morgan fingerprint density at radius 3 is 2.76 bits per heavy atom. The highest BCUT2D eigenvalue weighted by Gasteiger charge is 2.21. The van der Waals surface area contributed by atoms with E-state index in [-0.39, 0.29) is 11.7 Å². The van der Waals surface area contributed by atoms with Crippen LogP contribution in [0.25, 0.3) is 11.0 Å². The summed E-state index contributed by atoms with van der Waals surface area (Å²) in [5.41, 5.74) is 1.10. The molecule has 150 valence electrons. The number of amides is 1. The lowest BCUT2D eigenvalue weighted by Crippen LogP contribution is -2.40. The fraction of sp³-hybridized carbons (Fsp3) is 0.304. The number of hydrogen-bond donors (Lipinski definition) is 1. The molecule has 4 rings (SSSR count). The molecule has 1 aromatic heterocycles. The van der Waals surface area contributed by atoms with Gasteiger partial charge in [0.1, 0.15) is 11.1 Å². The normalized spacial score (nSPS) is 17.3. The predicted molar refractivity (Wildman–Crippen MR) is 111 cm³/mol. The molecule has 0 saturated carbocycles. The molecular weight excluding hydrogens is 368 g/mol. The van der Waals surface area contributed by atoms with Crippen LogP contribution in [0.3, 0.4) is 0 Å². The fourth-order valence-corrected chi connectivity index (χ4v) is 3.60. The van der Waals surface area contributed by atoms with Crippen LogP contribution in [0.4, 0.5) is 0 Å². The van der Waals surface area contributed by atoms with Crippen molar-refractivity contribution in [1.29, 1.82) is 0 Å². The summed E-state index contributed by atoms with van der Waals surface area (Å²) in [5, 5.41) is 3.56. The van der Waals surface area contributed by atoms with E-state index in [0.717, 1.165) is 31.4 Å². The molecule has 0 bridgehead atoms. The van der Waals surface area contributed by atoms with Crippen molar-refractivity contribution < 1.29 is 13.9 Å². The average molecular weight is 392 g/mol. The molecule has 29 heavy (non-hydrogen) atoms. The second-order valence-electron chi connectivity index (χ2n) is 7.17. The first-order valence-corrected chi connectivity index (χ1v) is 9.91. The van der Waals surface area contributed by atoms with E-state index in [1.807, 2.05) is 30.3 Å². The van der Waals surface area contributed by atoms with Crippen molar-refractivity contribution >= 4 is 16.9 Å². The third-order valence-electron chi connectivity index (χ3n) is 5.14. The zero-order valence-electron chi connectivity index (χ0n) is 16.2. The number of hydrogen-bond acceptors (Lipinski definition) is 5. The maximum absolute atomic E-state index is 12.4. The smallest absolute Gasteiger partial charge is 0.349 e. The van der Waals surface area contributed by atoms with E-state index in [0.29, 0.717) is 18.7 Å². The van der Waals surface area contributed by atoms with E-state index in [1.165, 1.54) is 5.56 Å². The average Bonchev–Trinajstić information content (AvgIpc) is 2.77. The monoisotopic (exact) mass is 392 g/mol. The molecule has 1 N–H and O–H groups in total. The standard InChI is InChI=1S/C23H24N2O4/c26-22(19-15-18-9-4-5-10-20(18)29-23(19)27)24-11-6-12-25-13-14-28-21(16-25)17-7-2-1-3-8-17/h1-5,7-10,15,21H,6,11-14,16H2,(H,24,26)/t21-/m1/s1. The van der Waals surface area contributed by atoms with Gasteiger partial charge in [0.15, 0.2) is 0 Å². The molecule has 6 nitrogen and oxygen atoms in total. The molecule has 3 aromatic rings. The molecule has 1 amide bonds. The summed E-state index contributed by atoms with van der Waals surface area (Å²) in [5.74, 6) is -0.395. The summed E-state index contributed by atoms with van der Waals surface area (Å²) in [4.78, 5) is 26.8. The Balaban J connectivity index is 1.28. The van der Waals surface area contributed by atoms with Crippen LogP contribution < -0.4 is 10.9 Å². The lowest BCUT2D eigenvalue weighted by Gasteiger charge is -2.33. The number of fused-ring (bicyclic) bond motifs is 1. The highest BCUT2D eigenvalue weighted by atomic mass is 16.5. The number of carbonyl (C=O) groups excluding carboxylic acids is 1. The van der Waals surface area contributed by atoms with Crippen molar-refractivity contribution in [2.45, 2.75) is 12.5 Å². The Morgan fingerprint density at radius 1 is 1.10 bits per heavy atom. The summed E-state index contributed by atoms with van der Waals surface area (Å²) in [6, 6.07) is 19.0. The van der Waals surface area contributed by atoms with Gasteiger partial charge in [-0.1, -0.05) is 48.5 Å². The lowest BCUT2D eigenvalue weighted by atomic mass is 10.1. The number of nitrogens with one attached hydrogen (secondary N) is 1. The Bertz CT molecular complexity index is 1030. The van der Waals surface area contributed by atoms with Crippen molar-refractivity contribution in [3.05, 3.63) is 82.2 Å². The van der Waals surface area contributed by atoms with E-state index in [4.69, 9.17) is 9.15 Å². The van der Waals surface area contributed by atoms with Gasteiger partial charge in [0.2, 0.25) is 0 Å². The first-order chi connectivity index (χ1) is 14.2. The van der Waals surface area contributed by atoms with Gasteiger partial charge in [-0.3, -0.25) is 9.69 Å². The van der Waals surface area contributed by atoms with Gasteiger partial charge < -0.3 is 14.5 Å². The summed E-state index contributed by atoms with van der Waals surface area (Å²) >= 11 is 0. The highest BCUT2D eigenvalue weighted by Crippen LogP contribution is 2.21. The van der Waals surface area contributed by atoms with Crippen LogP contribution in [0.15, 0.2) is 69.9 Å². The fourth-order valence-electron chi connectivity index (χ4n) is 3.60. The summed E-state index contributed by atoms with van der Waals surface area (Å²) in [6.07, 6.45) is 0.883. The Kier molecular flexibility index (Phi) is 6.03. The van der Waals surface area contributed by atoms with Gasteiger partial charge >= 0.3 is 5.63 Å². The maximum Gasteiger partial charge on any atom is 0.349 e. The molecule has 0 aliphatic carbocycles. The van der Waals surface area contributed by atoms with Crippen molar-refractivity contribution in [2.24, 2.45) is 0 Å². The minimum atomic E-state index is -0.611. The number of morpholine rings is 1. The van der Waals surface area contributed by atoms with E-state index in [2.05, 4.69) is 22.3 Å². The number of carbonyl (C=O) groups is 1. The molecule has 2 aromatic carbocycles. The number of nitrogens with zero attached hydrogens (tertiary/aromatic N) is 1. The molecular formula is C23H24N2O4. The second-order valence-corrected chi connectivity index (χ2v) is 7.17. The van der Waals surface area contributed by atoms with E-state index >= 15 is 0 Å². The van der Waals surface area contributed by atoms with E-state index in [9.17, 15) is 9.59 Å². The van der Waals surface area contributed by atoms with Crippen LogP contribution in [-0.4, -0.2) is 43.6 Å². The van der Waals surface area contributed by atoms with Crippen LogP contribution in [0.2, 0.25) is 0 Å². The van der Waals surface area contributed by atoms with Gasteiger partial charge in [-0.15, -0.1) is 0 Å². The number of benzene rings is 2. The van der Waals surface area contributed by atoms with Crippen LogP contribution in [-0.2, 0) is 4.74 Å². The molecule has 1 saturated heterocycles. The van der Waals surface area contributed by atoms with Gasteiger partial charge in [0, 0.05) is 31.6 Å². The predicted octanol–water partition coefficient (Wildman–Crippen LogP) is 2.99. The zero-order valence-corrected chi connectivity index (χ0v) is 16.2. The Labute approximate surface area is 169 Å². The molecule has 1 aliphatic rings. The molecule has 6 heteroatoms. The highest BCUT2D eigenvalue weighted by molar-refractivity contribution is 5.96. The Morgan fingerprint density at radius 2 is 1.90 bits per heavy atom. The van der Waals surface area contributed by atoms with Crippen LogP contribution >= 0.6 is 0 Å². The molecule has 0 radical (unpaired) electrons. The quantitative estimate of drug-likeness (QED) is 0.516. The van der Waals surface area contributed by atoms with Crippen LogP contribution in [0, 0.1) is 0 Å². The maximum atomic E-state index is 12.4. The van der Waals surface area contributed by atoms with E-state index in [1.54, 1.807) is 18.2 Å². The SMILES string of the molecule is O=C(NCCCN1CCO[C@@H](c2ccccc2)C1)c1cc2ccccc2oc1=O. The first-order valence-electron chi connectivity index (χ1n) is 9.91. The van der Waals surface area contributed by atoms with Gasteiger partial charge in [-0.25, -0.2) is 4.79 Å². The van der Waals surface area contributed by atoms with Gasteiger partial charge in [0.25, 0.3) is 5.91 Å². The van der Waals surface area contributed by atoms with Crippen LogP contribution in [0.5, 0.6) is 0 Å². The van der Waals surface area contributed by atoms with Crippen LogP contribution in [0.1, 0.15) is 28.4 Å². The lowest BCUT2D eigenvalue weighted by molar-refractivity contribution is -0.0301. The van der Waals surface area contributed by atoms with Crippen molar-refractivity contribution in [3.8, 4) is 0 Å². The molecule has 1 atom stereocenters. The first kappa shape index (κ1) is 19.4. The van der Waals surface area contributed by atoms with Gasteiger partial charge in [-0.2, -0.15) is 0 Å². The number of rotatable bonds is 6. The summed E-state index contributed by atoms with van der Waals surface area (Å²) in [6.45, 7) is 3.78. The van der Waals surface area contributed by atoms with E-state index < -0.39 is 11.5 Å². The molecule has 1 aliphatic heterocycles. The Hall–Kier alpha value is -2.96. The molecule has 0 unspecified atom stereocenters. The minimum absolute atomic E-state index is 0.0409. The number of ether oxygens (including phenoxy) is 1. The largest absolute Gasteiger partial charge is 0.422 e. The van der Waals surface area contributed by atoms with Crippen molar-refractivity contribution in [3.63, 3.8) is 0 Å². The topological polar surface area (TPSA) is 71.8 Å². The third kappa shape index (κ3) is 4.72. The van der Waals surface area contributed by atoms with Gasteiger partial charge in [0.05, 0.1) is 12.7 Å². The summed E-state index contributed by atoms with van der Waals surface area (Å²) in [7, 11) is 0. The number of para-hydroxylation sites is 1. The van der Waals surface area contributed by atoms with Gasteiger partial charge in [-0.05, 0) is 24.1 Å². The van der Waals surface area contributed by atoms with Crippen molar-refractivity contribution in [1.82, 2.24) is 10.2 Å². The molecule has 2 heterocycles. The molecule has 1 fully saturated rings. The summed E-state index contributed by atoms with van der Waals surface area (Å²) < 4.78 is 11.1. The zero-order chi connectivity index (χ0) is 20.1. The third-order valence-corrected chi connectivity index (χ3v) is 5.14.